The summed E-state index contributed by atoms with van der Waals surface area (Å²) in [5.41, 5.74) is 0.935. The zero-order chi connectivity index (χ0) is 14.1. The second kappa shape index (κ2) is 5.46. The van der Waals surface area contributed by atoms with Crippen LogP contribution in [0.25, 0.3) is 10.9 Å². The quantitative estimate of drug-likeness (QED) is 0.920. The molecule has 1 atom stereocenters. The van der Waals surface area contributed by atoms with Crippen molar-refractivity contribution in [2.45, 2.75) is 19.5 Å². The van der Waals surface area contributed by atoms with Crippen LogP contribution in [0.5, 0.6) is 0 Å². The van der Waals surface area contributed by atoms with Gasteiger partial charge in [0.15, 0.2) is 0 Å². The number of aromatic nitrogens is 1. The number of hydrogen-bond acceptors (Lipinski definition) is 2. The number of benzene rings is 1. The normalized spacial score (nSPS) is 19.5. The molecule has 1 fully saturated rings. The van der Waals surface area contributed by atoms with Crippen LogP contribution in [0, 0.1) is 0 Å². The first-order valence-electron chi connectivity index (χ1n) is 6.90. The fourth-order valence-corrected chi connectivity index (χ4v) is 3.08. The molecular weight excluding hydrogens is 274 g/mol. The van der Waals surface area contributed by atoms with Crippen molar-refractivity contribution in [3.8, 4) is 0 Å². The Morgan fingerprint density at radius 3 is 3.10 bits per heavy atom. The molecule has 4 nitrogen and oxygen atoms in total. The first-order chi connectivity index (χ1) is 9.66. The van der Waals surface area contributed by atoms with Gasteiger partial charge in [0.1, 0.15) is 6.54 Å². The zero-order valence-corrected chi connectivity index (χ0v) is 12.2. The van der Waals surface area contributed by atoms with Crippen LogP contribution in [0.2, 0.25) is 5.02 Å². The molecule has 1 aromatic carbocycles. The average Bonchev–Trinajstić information content (AvgIpc) is 2.84. The lowest BCUT2D eigenvalue weighted by atomic mass is 10.2. The van der Waals surface area contributed by atoms with Gasteiger partial charge in [-0.15, -0.1) is 0 Å². The Kier molecular flexibility index (Phi) is 3.68. The molecule has 2 aromatic rings. The van der Waals surface area contributed by atoms with E-state index < -0.39 is 0 Å². The summed E-state index contributed by atoms with van der Waals surface area (Å²) >= 11 is 6.25. The third-order valence-electron chi connectivity index (χ3n) is 3.87. The molecule has 1 aliphatic heterocycles. The lowest BCUT2D eigenvalue weighted by molar-refractivity contribution is -0.134. The van der Waals surface area contributed by atoms with Crippen molar-refractivity contribution in [3.05, 3.63) is 35.5 Å². The zero-order valence-electron chi connectivity index (χ0n) is 11.5. The standard InChI is InChI=1S/C15H18ClN3O/c1-11-9-17-6-8-19(11)14(20)10-18-7-5-12-3-2-4-13(16)15(12)18/h2-5,7,11,17H,6,8-10H2,1H3. The number of rotatable bonds is 2. The predicted molar refractivity (Wildman–Crippen MR) is 81.0 cm³/mol. The molecule has 3 rings (SSSR count). The van der Waals surface area contributed by atoms with E-state index in [-0.39, 0.29) is 11.9 Å². The van der Waals surface area contributed by atoms with Crippen LogP contribution < -0.4 is 5.32 Å². The molecule has 0 spiro atoms. The SMILES string of the molecule is CC1CNCCN1C(=O)Cn1ccc2cccc(Cl)c21. The molecule has 0 aliphatic carbocycles. The van der Waals surface area contributed by atoms with E-state index >= 15 is 0 Å². The Hall–Kier alpha value is -1.52. The van der Waals surface area contributed by atoms with Crippen LogP contribution in [-0.2, 0) is 11.3 Å². The van der Waals surface area contributed by atoms with Gasteiger partial charge in [-0.25, -0.2) is 0 Å². The van der Waals surface area contributed by atoms with E-state index in [1.165, 1.54) is 0 Å². The van der Waals surface area contributed by atoms with Crippen LogP contribution in [-0.4, -0.2) is 41.1 Å². The molecule has 20 heavy (non-hydrogen) atoms. The highest BCUT2D eigenvalue weighted by Gasteiger charge is 2.23. The summed E-state index contributed by atoms with van der Waals surface area (Å²) in [5, 5.41) is 5.05. The molecule has 106 valence electrons. The Bertz CT molecular complexity index is 637. The lowest BCUT2D eigenvalue weighted by Gasteiger charge is -2.34. The number of nitrogens with one attached hydrogen (secondary N) is 1. The number of carbonyl (C=O) groups is 1. The summed E-state index contributed by atoms with van der Waals surface area (Å²) in [4.78, 5) is 14.4. The highest BCUT2D eigenvalue weighted by molar-refractivity contribution is 6.35. The van der Waals surface area contributed by atoms with Crippen molar-refractivity contribution in [1.29, 1.82) is 0 Å². The molecular formula is C15H18ClN3O. The van der Waals surface area contributed by atoms with E-state index in [1.54, 1.807) is 0 Å². The number of nitrogens with zero attached hydrogens (tertiary/aromatic N) is 2. The van der Waals surface area contributed by atoms with Gasteiger partial charge in [0.2, 0.25) is 5.91 Å². The van der Waals surface area contributed by atoms with Crippen LogP contribution in [0.4, 0.5) is 0 Å². The Morgan fingerprint density at radius 2 is 2.30 bits per heavy atom. The molecule has 0 bridgehead atoms. The number of para-hydroxylation sites is 1. The Balaban J connectivity index is 1.84. The number of hydrogen-bond donors (Lipinski definition) is 1. The van der Waals surface area contributed by atoms with Crippen molar-refractivity contribution in [1.82, 2.24) is 14.8 Å². The van der Waals surface area contributed by atoms with Gasteiger partial charge in [0, 0.05) is 37.3 Å². The van der Waals surface area contributed by atoms with E-state index in [9.17, 15) is 4.79 Å². The third-order valence-corrected chi connectivity index (χ3v) is 4.17. The minimum atomic E-state index is 0.149. The molecule has 1 unspecified atom stereocenters. The summed E-state index contributed by atoms with van der Waals surface area (Å²) < 4.78 is 1.94. The highest BCUT2D eigenvalue weighted by atomic mass is 35.5. The fraction of sp³-hybridized carbons (Fsp3) is 0.400. The molecule has 5 heteroatoms. The number of piperazine rings is 1. The van der Waals surface area contributed by atoms with Crippen molar-refractivity contribution in [2.24, 2.45) is 0 Å². The molecule has 1 saturated heterocycles. The Morgan fingerprint density at radius 1 is 1.45 bits per heavy atom. The molecule has 0 radical (unpaired) electrons. The maximum absolute atomic E-state index is 12.5. The van der Waals surface area contributed by atoms with Crippen molar-refractivity contribution < 1.29 is 4.79 Å². The molecule has 1 amide bonds. The van der Waals surface area contributed by atoms with E-state index in [0.717, 1.165) is 30.5 Å². The van der Waals surface area contributed by atoms with E-state index in [2.05, 4.69) is 12.2 Å². The number of carbonyl (C=O) groups excluding carboxylic acids is 1. The number of amides is 1. The smallest absolute Gasteiger partial charge is 0.242 e. The van der Waals surface area contributed by atoms with Crippen molar-refractivity contribution in [3.63, 3.8) is 0 Å². The van der Waals surface area contributed by atoms with Crippen LogP contribution in [0.1, 0.15) is 6.92 Å². The summed E-state index contributed by atoms with van der Waals surface area (Å²) in [5.74, 6) is 0.149. The number of fused-ring (bicyclic) bond motifs is 1. The highest BCUT2D eigenvalue weighted by Crippen LogP contribution is 2.24. The van der Waals surface area contributed by atoms with Gasteiger partial charge >= 0.3 is 0 Å². The van der Waals surface area contributed by atoms with E-state index in [1.807, 2.05) is 39.9 Å². The minimum Gasteiger partial charge on any atom is -0.337 e. The van der Waals surface area contributed by atoms with Crippen LogP contribution >= 0.6 is 11.6 Å². The van der Waals surface area contributed by atoms with Crippen molar-refractivity contribution >= 4 is 28.4 Å². The van der Waals surface area contributed by atoms with Crippen molar-refractivity contribution in [2.75, 3.05) is 19.6 Å². The monoisotopic (exact) mass is 291 g/mol. The van der Waals surface area contributed by atoms with E-state index in [0.29, 0.717) is 11.6 Å². The van der Waals surface area contributed by atoms with Crippen LogP contribution in [0.15, 0.2) is 30.5 Å². The summed E-state index contributed by atoms with van der Waals surface area (Å²) in [7, 11) is 0. The maximum atomic E-state index is 12.5. The maximum Gasteiger partial charge on any atom is 0.242 e. The fourth-order valence-electron chi connectivity index (χ4n) is 2.79. The summed E-state index contributed by atoms with van der Waals surface area (Å²) in [6.07, 6.45) is 1.93. The van der Waals surface area contributed by atoms with E-state index in [4.69, 9.17) is 11.6 Å². The predicted octanol–water partition coefficient (Wildman–Crippen LogP) is 2.11. The van der Waals surface area contributed by atoms with Gasteiger partial charge in [-0.3, -0.25) is 4.79 Å². The average molecular weight is 292 g/mol. The van der Waals surface area contributed by atoms with Gasteiger partial charge in [0.25, 0.3) is 0 Å². The largest absolute Gasteiger partial charge is 0.337 e. The van der Waals surface area contributed by atoms with Gasteiger partial charge in [-0.05, 0) is 19.1 Å². The minimum absolute atomic E-state index is 0.149. The van der Waals surface area contributed by atoms with Gasteiger partial charge in [-0.2, -0.15) is 0 Å². The van der Waals surface area contributed by atoms with Crippen LogP contribution in [0.3, 0.4) is 0 Å². The first-order valence-corrected chi connectivity index (χ1v) is 7.28. The molecule has 0 saturated carbocycles. The molecule has 1 aliphatic rings. The second-order valence-corrected chi connectivity index (χ2v) is 5.67. The Labute approximate surface area is 123 Å². The number of halogens is 1. The lowest BCUT2D eigenvalue weighted by Crippen LogP contribution is -2.53. The topological polar surface area (TPSA) is 37.3 Å². The second-order valence-electron chi connectivity index (χ2n) is 5.26. The van der Waals surface area contributed by atoms with Gasteiger partial charge < -0.3 is 14.8 Å². The third kappa shape index (κ3) is 2.41. The molecule has 1 aromatic heterocycles. The van der Waals surface area contributed by atoms with Gasteiger partial charge in [0.05, 0.1) is 10.5 Å². The molecule has 1 N–H and O–H groups in total. The summed E-state index contributed by atoms with van der Waals surface area (Å²) in [6, 6.07) is 8.03. The molecule has 2 heterocycles. The van der Waals surface area contributed by atoms with Gasteiger partial charge in [-0.1, -0.05) is 23.7 Å². The first kappa shape index (κ1) is 13.5. The summed E-state index contributed by atoms with van der Waals surface area (Å²) in [6.45, 7) is 4.91.